The Morgan fingerprint density at radius 1 is 0.861 bits per heavy atom. The Morgan fingerprint density at radius 2 is 1.47 bits per heavy atom. The van der Waals surface area contributed by atoms with Gasteiger partial charge in [-0.1, -0.05) is 13.0 Å². The molecular formula is C30H48F4O2. The van der Waals surface area contributed by atoms with Crippen LogP contribution in [0.15, 0.2) is 18.2 Å². The van der Waals surface area contributed by atoms with Crippen molar-refractivity contribution in [1.29, 1.82) is 0 Å². The molecule has 0 heterocycles. The van der Waals surface area contributed by atoms with Crippen LogP contribution in [0.1, 0.15) is 108 Å². The van der Waals surface area contributed by atoms with Gasteiger partial charge in [0.15, 0.2) is 11.6 Å². The minimum absolute atomic E-state index is 0. The van der Waals surface area contributed by atoms with Crippen LogP contribution in [-0.4, -0.2) is 32.7 Å². The molecule has 2 nitrogen and oxygen atoms in total. The SMILES string of the molecule is CCCOC1CCC(CCF)CC1.COc1ccc(C2CCC(C3CCC(F)CC3)CC2)cc1F.F. The summed E-state index contributed by atoms with van der Waals surface area (Å²) in [5, 5.41) is 0. The number of alkyl halides is 2. The topological polar surface area (TPSA) is 18.5 Å². The quantitative estimate of drug-likeness (QED) is 0.321. The van der Waals surface area contributed by atoms with Crippen molar-refractivity contribution in [2.45, 2.75) is 115 Å². The van der Waals surface area contributed by atoms with Crippen molar-refractivity contribution >= 4 is 0 Å². The number of ether oxygens (including phenoxy) is 2. The summed E-state index contributed by atoms with van der Waals surface area (Å²) in [4.78, 5) is 0. The second-order valence-corrected chi connectivity index (χ2v) is 11.0. The minimum atomic E-state index is -0.560. The Balaban J connectivity index is 0.000000281. The molecule has 0 amide bonds. The molecule has 0 saturated heterocycles. The summed E-state index contributed by atoms with van der Waals surface area (Å²) in [6, 6.07) is 5.37. The average Bonchev–Trinajstić information content (AvgIpc) is 2.89. The Bertz CT molecular complexity index is 707. The summed E-state index contributed by atoms with van der Waals surface area (Å²) < 4.78 is 49.8. The van der Waals surface area contributed by atoms with Gasteiger partial charge in [-0.3, -0.25) is 9.09 Å². The third kappa shape index (κ3) is 9.54. The normalized spacial score (nSPS) is 30.5. The van der Waals surface area contributed by atoms with Gasteiger partial charge in [0.05, 0.1) is 19.9 Å². The lowest BCUT2D eigenvalue weighted by Gasteiger charge is -2.36. The summed E-state index contributed by atoms with van der Waals surface area (Å²) in [5.74, 6) is 2.64. The van der Waals surface area contributed by atoms with Gasteiger partial charge < -0.3 is 9.47 Å². The van der Waals surface area contributed by atoms with Gasteiger partial charge in [0.25, 0.3) is 0 Å². The van der Waals surface area contributed by atoms with Gasteiger partial charge in [-0.05, 0) is 131 Å². The van der Waals surface area contributed by atoms with Gasteiger partial charge in [0.2, 0.25) is 0 Å². The molecule has 0 atom stereocenters. The third-order valence-corrected chi connectivity index (χ3v) is 8.66. The smallest absolute Gasteiger partial charge is 0.165 e. The molecule has 1 aromatic rings. The second-order valence-electron chi connectivity index (χ2n) is 11.0. The van der Waals surface area contributed by atoms with Crippen LogP contribution in [0.2, 0.25) is 0 Å². The van der Waals surface area contributed by atoms with E-state index in [2.05, 4.69) is 6.92 Å². The minimum Gasteiger partial charge on any atom is -0.494 e. The molecule has 0 aliphatic heterocycles. The Morgan fingerprint density at radius 3 is 2.00 bits per heavy atom. The monoisotopic (exact) mass is 516 g/mol. The first-order chi connectivity index (χ1) is 17.0. The first-order valence-electron chi connectivity index (χ1n) is 14.2. The highest BCUT2D eigenvalue weighted by atomic mass is 19.1. The molecule has 3 aliphatic carbocycles. The maximum atomic E-state index is 13.8. The van der Waals surface area contributed by atoms with Gasteiger partial charge >= 0.3 is 0 Å². The molecule has 3 saturated carbocycles. The highest BCUT2D eigenvalue weighted by molar-refractivity contribution is 5.31. The highest BCUT2D eigenvalue weighted by Crippen LogP contribution is 2.43. The van der Waals surface area contributed by atoms with Crippen LogP contribution in [0, 0.1) is 23.6 Å². The van der Waals surface area contributed by atoms with Crippen molar-refractivity contribution in [2.24, 2.45) is 17.8 Å². The zero-order chi connectivity index (χ0) is 25.0. The van der Waals surface area contributed by atoms with Crippen molar-refractivity contribution in [1.82, 2.24) is 0 Å². The fourth-order valence-electron chi connectivity index (χ4n) is 6.44. The van der Waals surface area contributed by atoms with Crippen LogP contribution in [0.3, 0.4) is 0 Å². The predicted molar refractivity (Wildman–Crippen MR) is 140 cm³/mol. The van der Waals surface area contributed by atoms with Crippen LogP contribution in [-0.2, 0) is 4.74 Å². The number of methoxy groups -OCH3 is 1. The largest absolute Gasteiger partial charge is 0.494 e. The van der Waals surface area contributed by atoms with E-state index in [0.29, 0.717) is 23.7 Å². The molecule has 6 heteroatoms. The lowest BCUT2D eigenvalue weighted by Crippen LogP contribution is -2.25. The first kappa shape index (κ1) is 30.9. The molecule has 0 radical (unpaired) electrons. The zero-order valence-electron chi connectivity index (χ0n) is 22.4. The van der Waals surface area contributed by atoms with E-state index in [9.17, 15) is 13.2 Å². The van der Waals surface area contributed by atoms with Crippen LogP contribution in [0.25, 0.3) is 0 Å². The Labute approximate surface area is 216 Å². The summed E-state index contributed by atoms with van der Waals surface area (Å²) in [7, 11) is 1.50. The molecular weight excluding hydrogens is 468 g/mol. The Kier molecular flexibility index (Phi) is 14.2. The molecule has 208 valence electrons. The molecule has 4 rings (SSSR count). The summed E-state index contributed by atoms with van der Waals surface area (Å²) >= 11 is 0. The number of benzene rings is 1. The van der Waals surface area contributed by atoms with Crippen molar-refractivity contribution in [3.63, 3.8) is 0 Å². The van der Waals surface area contributed by atoms with Gasteiger partial charge in [-0.2, -0.15) is 0 Å². The van der Waals surface area contributed by atoms with Gasteiger partial charge in [0.1, 0.15) is 6.17 Å². The van der Waals surface area contributed by atoms with Gasteiger partial charge in [-0.25, -0.2) is 8.78 Å². The summed E-state index contributed by atoms with van der Waals surface area (Å²) in [5.41, 5.74) is 1.10. The molecule has 3 fully saturated rings. The molecule has 0 unspecified atom stereocenters. The fraction of sp³-hybridized carbons (Fsp3) is 0.800. The van der Waals surface area contributed by atoms with Crippen LogP contribution in [0.4, 0.5) is 17.9 Å². The number of halogens is 4. The molecule has 1 aromatic carbocycles. The standard InChI is InChI=1S/C19H26F2O.C11H21FO.FH/c1-22-19-11-8-16(12-18(19)21)15-4-2-13(3-5-15)14-6-9-17(20)10-7-14;1-2-9-13-11-5-3-10(4-6-11)7-8-12;/h8,11-15,17H,2-7,9-10H2,1H3;10-11H,2-9H2,1H3;1H. The maximum absolute atomic E-state index is 13.8. The maximum Gasteiger partial charge on any atom is 0.165 e. The van der Waals surface area contributed by atoms with E-state index in [1.165, 1.54) is 20.0 Å². The lowest BCUT2D eigenvalue weighted by molar-refractivity contribution is 0.0170. The lowest BCUT2D eigenvalue weighted by atomic mass is 9.69. The van der Waals surface area contributed by atoms with E-state index in [1.807, 2.05) is 6.07 Å². The van der Waals surface area contributed by atoms with Gasteiger partial charge in [0, 0.05) is 6.61 Å². The van der Waals surface area contributed by atoms with Crippen LogP contribution >= 0.6 is 0 Å². The predicted octanol–water partition coefficient (Wildman–Crippen LogP) is 9.12. The van der Waals surface area contributed by atoms with Crippen LogP contribution < -0.4 is 4.74 Å². The molecule has 0 N–H and O–H groups in total. The van der Waals surface area contributed by atoms with Crippen molar-refractivity contribution in [3.05, 3.63) is 29.6 Å². The van der Waals surface area contributed by atoms with Crippen molar-refractivity contribution in [2.75, 3.05) is 20.4 Å². The summed E-state index contributed by atoms with van der Waals surface area (Å²) in [6.07, 6.45) is 14.7. The fourth-order valence-corrected chi connectivity index (χ4v) is 6.44. The second kappa shape index (κ2) is 16.5. The molecule has 36 heavy (non-hydrogen) atoms. The van der Waals surface area contributed by atoms with E-state index < -0.39 is 6.17 Å². The Hall–Kier alpha value is -1.30. The average molecular weight is 517 g/mol. The van der Waals surface area contributed by atoms with E-state index in [1.54, 1.807) is 12.1 Å². The third-order valence-electron chi connectivity index (χ3n) is 8.66. The molecule has 0 aromatic heterocycles. The van der Waals surface area contributed by atoms with Crippen LogP contribution in [0.5, 0.6) is 5.75 Å². The van der Waals surface area contributed by atoms with Gasteiger partial charge in [-0.15, -0.1) is 0 Å². The summed E-state index contributed by atoms with van der Waals surface area (Å²) in [6.45, 7) is 2.87. The number of rotatable bonds is 8. The first-order valence-corrected chi connectivity index (χ1v) is 14.2. The zero-order valence-corrected chi connectivity index (χ0v) is 22.4. The molecule has 3 aliphatic rings. The van der Waals surface area contributed by atoms with E-state index in [0.717, 1.165) is 101 Å². The number of hydrogen-bond donors (Lipinski definition) is 0. The van der Waals surface area contributed by atoms with E-state index in [4.69, 9.17) is 9.47 Å². The molecule has 0 bridgehead atoms. The molecule has 0 spiro atoms. The van der Waals surface area contributed by atoms with Crippen molar-refractivity contribution in [3.8, 4) is 5.75 Å². The number of hydrogen-bond acceptors (Lipinski definition) is 2. The van der Waals surface area contributed by atoms with E-state index in [-0.39, 0.29) is 17.2 Å². The highest BCUT2D eigenvalue weighted by Gasteiger charge is 2.31. The van der Waals surface area contributed by atoms with Crippen molar-refractivity contribution < 1.29 is 27.3 Å². The van der Waals surface area contributed by atoms with E-state index >= 15 is 0 Å².